The third kappa shape index (κ3) is 1.65. The number of nitrogens with one attached hydrogen (secondary N) is 1. The lowest BCUT2D eigenvalue weighted by Gasteiger charge is -1.97. The number of aromatic nitrogens is 2. The first-order valence-electron chi connectivity index (χ1n) is 4.35. The Labute approximate surface area is 81.7 Å². The van der Waals surface area contributed by atoms with E-state index in [1.54, 1.807) is 11.3 Å². The molecule has 68 valence electrons. The summed E-state index contributed by atoms with van der Waals surface area (Å²) in [4.78, 5) is 7.63. The Morgan fingerprint density at radius 1 is 1.46 bits per heavy atom. The van der Waals surface area contributed by atoms with Gasteiger partial charge in [-0.2, -0.15) is 11.3 Å². The van der Waals surface area contributed by atoms with Crippen LogP contribution in [0.4, 0.5) is 0 Å². The molecule has 0 aliphatic heterocycles. The Kier molecular flexibility index (Phi) is 2.19. The van der Waals surface area contributed by atoms with Gasteiger partial charge >= 0.3 is 0 Å². The van der Waals surface area contributed by atoms with Crippen LogP contribution in [0.25, 0.3) is 11.3 Å². The van der Waals surface area contributed by atoms with Gasteiger partial charge in [0, 0.05) is 16.9 Å². The minimum atomic E-state index is 0.465. The second-order valence-corrected chi connectivity index (χ2v) is 4.13. The summed E-state index contributed by atoms with van der Waals surface area (Å²) in [6, 6.07) is 2.10. The molecule has 0 spiro atoms. The van der Waals surface area contributed by atoms with Gasteiger partial charge in [-0.3, -0.25) is 0 Å². The third-order valence-electron chi connectivity index (χ3n) is 1.97. The van der Waals surface area contributed by atoms with Crippen LogP contribution < -0.4 is 0 Å². The summed E-state index contributed by atoms with van der Waals surface area (Å²) in [5.74, 6) is 1.52. The number of imidazole rings is 1. The second-order valence-electron chi connectivity index (χ2n) is 3.35. The molecule has 2 rings (SSSR count). The Balaban J connectivity index is 2.33. The molecule has 1 N–H and O–H groups in total. The van der Waals surface area contributed by atoms with E-state index in [1.165, 1.54) is 5.56 Å². The van der Waals surface area contributed by atoms with Gasteiger partial charge in [0.25, 0.3) is 0 Å². The smallest absolute Gasteiger partial charge is 0.109 e. The highest BCUT2D eigenvalue weighted by Crippen LogP contribution is 2.21. The molecule has 2 aromatic heterocycles. The van der Waals surface area contributed by atoms with Crippen LogP contribution in [0.5, 0.6) is 0 Å². The van der Waals surface area contributed by atoms with Crippen molar-refractivity contribution in [2.45, 2.75) is 19.8 Å². The van der Waals surface area contributed by atoms with E-state index in [1.807, 2.05) is 6.20 Å². The molecule has 3 heteroatoms. The zero-order chi connectivity index (χ0) is 9.26. The molecule has 0 radical (unpaired) electrons. The minimum absolute atomic E-state index is 0.465. The summed E-state index contributed by atoms with van der Waals surface area (Å²) in [5.41, 5.74) is 2.34. The van der Waals surface area contributed by atoms with Crippen LogP contribution >= 0.6 is 11.3 Å². The van der Waals surface area contributed by atoms with Gasteiger partial charge in [-0.1, -0.05) is 13.8 Å². The van der Waals surface area contributed by atoms with Crippen molar-refractivity contribution in [3.8, 4) is 11.3 Å². The number of rotatable bonds is 2. The first-order valence-corrected chi connectivity index (χ1v) is 5.29. The topological polar surface area (TPSA) is 28.7 Å². The van der Waals surface area contributed by atoms with E-state index in [4.69, 9.17) is 0 Å². The van der Waals surface area contributed by atoms with Crippen LogP contribution in [0.2, 0.25) is 0 Å². The molecule has 0 amide bonds. The molecular formula is C10H12N2S. The zero-order valence-corrected chi connectivity index (χ0v) is 8.56. The SMILES string of the molecule is CC(C)c1ncc(-c2ccsc2)[nH]1. The highest BCUT2D eigenvalue weighted by atomic mass is 32.1. The summed E-state index contributed by atoms with van der Waals surface area (Å²) >= 11 is 1.70. The second kappa shape index (κ2) is 3.34. The van der Waals surface area contributed by atoms with Crippen molar-refractivity contribution in [3.05, 3.63) is 28.8 Å². The van der Waals surface area contributed by atoms with Crippen molar-refractivity contribution in [1.82, 2.24) is 9.97 Å². The number of H-pyrrole nitrogens is 1. The number of nitrogens with zero attached hydrogens (tertiary/aromatic N) is 1. The van der Waals surface area contributed by atoms with Crippen LogP contribution in [-0.2, 0) is 0 Å². The average molecular weight is 192 g/mol. The summed E-state index contributed by atoms with van der Waals surface area (Å²) in [5, 5.41) is 4.20. The quantitative estimate of drug-likeness (QED) is 0.777. The van der Waals surface area contributed by atoms with E-state index in [9.17, 15) is 0 Å². The first kappa shape index (κ1) is 8.51. The van der Waals surface area contributed by atoms with Gasteiger partial charge in [-0.15, -0.1) is 0 Å². The average Bonchev–Trinajstić information content (AvgIpc) is 2.75. The predicted molar refractivity (Wildman–Crippen MR) is 56.0 cm³/mol. The van der Waals surface area contributed by atoms with Crippen LogP contribution in [-0.4, -0.2) is 9.97 Å². The third-order valence-corrected chi connectivity index (χ3v) is 2.66. The summed E-state index contributed by atoms with van der Waals surface area (Å²) < 4.78 is 0. The normalized spacial score (nSPS) is 11.0. The monoisotopic (exact) mass is 192 g/mol. The van der Waals surface area contributed by atoms with Crippen molar-refractivity contribution in [1.29, 1.82) is 0 Å². The van der Waals surface area contributed by atoms with Crippen molar-refractivity contribution >= 4 is 11.3 Å². The van der Waals surface area contributed by atoms with Crippen LogP contribution in [0, 0.1) is 0 Å². The van der Waals surface area contributed by atoms with Gasteiger partial charge in [0.05, 0.1) is 11.9 Å². The summed E-state index contributed by atoms with van der Waals surface area (Å²) in [6.45, 7) is 4.27. The lowest BCUT2D eigenvalue weighted by Crippen LogP contribution is -1.88. The van der Waals surface area contributed by atoms with E-state index in [0.29, 0.717) is 5.92 Å². The molecule has 0 unspecified atom stereocenters. The molecular weight excluding hydrogens is 180 g/mol. The molecule has 2 heterocycles. The fraction of sp³-hybridized carbons (Fsp3) is 0.300. The highest BCUT2D eigenvalue weighted by molar-refractivity contribution is 7.08. The van der Waals surface area contributed by atoms with Gasteiger partial charge in [-0.25, -0.2) is 4.98 Å². The first-order chi connectivity index (χ1) is 6.27. The Hall–Kier alpha value is -1.09. The Morgan fingerprint density at radius 3 is 2.85 bits per heavy atom. The molecule has 0 atom stereocenters. The lowest BCUT2D eigenvalue weighted by molar-refractivity contribution is 0.795. The zero-order valence-electron chi connectivity index (χ0n) is 7.74. The van der Waals surface area contributed by atoms with Crippen molar-refractivity contribution in [2.24, 2.45) is 0 Å². The molecule has 2 aromatic rings. The fourth-order valence-corrected chi connectivity index (χ4v) is 1.85. The Morgan fingerprint density at radius 2 is 2.31 bits per heavy atom. The number of hydrogen-bond acceptors (Lipinski definition) is 2. The maximum atomic E-state index is 4.32. The molecule has 13 heavy (non-hydrogen) atoms. The maximum Gasteiger partial charge on any atom is 0.109 e. The molecule has 0 aromatic carbocycles. The van der Waals surface area contributed by atoms with E-state index >= 15 is 0 Å². The maximum absolute atomic E-state index is 4.32. The van der Waals surface area contributed by atoms with Gasteiger partial charge in [0.2, 0.25) is 0 Å². The Bertz CT molecular complexity index is 373. The standard InChI is InChI=1S/C10H12N2S/c1-7(2)10-11-5-9(12-10)8-3-4-13-6-8/h3-7H,1-2H3,(H,11,12). The minimum Gasteiger partial charge on any atom is -0.342 e. The van der Waals surface area contributed by atoms with Crippen LogP contribution in [0.1, 0.15) is 25.6 Å². The fourth-order valence-electron chi connectivity index (χ4n) is 1.19. The molecule has 0 aliphatic rings. The molecule has 2 nitrogen and oxygen atoms in total. The van der Waals surface area contributed by atoms with E-state index in [2.05, 4.69) is 40.6 Å². The summed E-state index contributed by atoms with van der Waals surface area (Å²) in [6.07, 6.45) is 1.90. The molecule has 0 saturated carbocycles. The van der Waals surface area contributed by atoms with E-state index < -0.39 is 0 Å². The largest absolute Gasteiger partial charge is 0.342 e. The predicted octanol–water partition coefficient (Wildman–Crippen LogP) is 3.26. The van der Waals surface area contributed by atoms with E-state index in [0.717, 1.165) is 11.5 Å². The molecule has 0 saturated heterocycles. The molecule has 0 fully saturated rings. The highest BCUT2D eigenvalue weighted by Gasteiger charge is 2.05. The van der Waals surface area contributed by atoms with Gasteiger partial charge in [-0.05, 0) is 11.4 Å². The lowest BCUT2D eigenvalue weighted by atomic mass is 10.2. The number of thiophene rings is 1. The molecule has 0 bridgehead atoms. The summed E-state index contributed by atoms with van der Waals surface area (Å²) in [7, 11) is 0. The number of aromatic amines is 1. The van der Waals surface area contributed by atoms with Crippen LogP contribution in [0.3, 0.4) is 0 Å². The van der Waals surface area contributed by atoms with Gasteiger partial charge in [0.15, 0.2) is 0 Å². The van der Waals surface area contributed by atoms with E-state index in [-0.39, 0.29) is 0 Å². The van der Waals surface area contributed by atoms with Crippen molar-refractivity contribution in [2.75, 3.05) is 0 Å². The number of hydrogen-bond donors (Lipinski definition) is 1. The van der Waals surface area contributed by atoms with Gasteiger partial charge in [0.1, 0.15) is 5.82 Å². The van der Waals surface area contributed by atoms with Crippen molar-refractivity contribution < 1.29 is 0 Å². The molecule has 0 aliphatic carbocycles. The van der Waals surface area contributed by atoms with Crippen molar-refractivity contribution in [3.63, 3.8) is 0 Å². The van der Waals surface area contributed by atoms with Gasteiger partial charge < -0.3 is 4.98 Å². The van der Waals surface area contributed by atoms with Crippen LogP contribution in [0.15, 0.2) is 23.0 Å².